The van der Waals surface area contributed by atoms with Crippen LogP contribution in [0.3, 0.4) is 0 Å². The molecule has 1 aromatic carbocycles. The third-order valence-corrected chi connectivity index (χ3v) is 3.18. The highest BCUT2D eigenvalue weighted by Gasteiger charge is 2.21. The SMILES string of the molecule is CCc1cccc(C(C)(N)CC)c1C. The van der Waals surface area contributed by atoms with Gasteiger partial charge in [-0.15, -0.1) is 0 Å². The van der Waals surface area contributed by atoms with Gasteiger partial charge in [0.1, 0.15) is 0 Å². The van der Waals surface area contributed by atoms with E-state index in [0.717, 1.165) is 12.8 Å². The maximum absolute atomic E-state index is 6.26. The topological polar surface area (TPSA) is 26.0 Å². The van der Waals surface area contributed by atoms with E-state index in [9.17, 15) is 0 Å². The van der Waals surface area contributed by atoms with Crippen molar-refractivity contribution in [3.63, 3.8) is 0 Å². The van der Waals surface area contributed by atoms with Gasteiger partial charge in [0.15, 0.2) is 0 Å². The molecule has 0 saturated carbocycles. The molecule has 14 heavy (non-hydrogen) atoms. The zero-order valence-electron chi connectivity index (χ0n) is 9.72. The van der Waals surface area contributed by atoms with Gasteiger partial charge in [0.05, 0.1) is 0 Å². The van der Waals surface area contributed by atoms with Crippen molar-refractivity contribution in [2.45, 2.75) is 46.1 Å². The Kier molecular flexibility index (Phi) is 3.33. The van der Waals surface area contributed by atoms with E-state index in [-0.39, 0.29) is 5.54 Å². The fourth-order valence-electron chi connectivity index (χ4n) is 1.88. The van der Waals surface area contributed by atoms with Crippen LogP contribution in [0, 0.1) is 6.92 Å². The summed E-state index contributed by atoms with van der Waals surface area (Å²) in [6.07, 6.45) is 2.06. The number of benzene rings is 1. The smallest absolute Gasteiger partial charge is 0.0381 e. The second kappa shape index (κ2) is 4.14. The lowest BCUT2D eigenvalue weighted by Crippen LogP contribution is -2.33. The van der Waals surface area contributed by atoms with Gasteiger partial charge in [0, 0.05) is 5.54 Å². The average molecular weight is 191 g/mol. The molecular formula is C13H21N. The number of aryl methyl sites for hydroxylation is 1. The lowest BCUT2D eigenvalue weighted by molar-refractivity contribution is 0.473. The van der Waals surface area contributed by atoms with Gasteiger partial charge in [-0.05, 0) is 43.4 Å². The Hall–Kier alpha value is -0.820. The first kappa shape index (κ1) is 11.3. The van der Waals surface area contributed by atoms with Crippen molar-refractivity contribution in [3.8, 4) is 0 Å². The van der Waals surface area contributed by atoms with Crippen molar-refractivity contribution in [2.75, 3.05) is 0 Å². The van der Waals surface area contributed by atoms with E-state index >= 15 is 0 Å². The molecule has 78 valence electrons. The van der Waals surface area contributed by atoms with Crippen LogP contribution in [0.2, 0.25) is 0 Å². The zero-order chi connectivity index (χ0) is 10.8. The molecule has 0 amide bonds. The molecule has 0 aliphatic rings. The molecule has 1 rings (SSSR count). The molecule has 1 unspecified atom stereocenters. The Morgan fingerprint density at radius 1 is 1.29 bits per heavy atom. The lowest BCUT2D eigenvalue weighted by atomic mass is 9.85. The summed E-state index contributed by atoms with van der Waals surface area (Å²) in [5.74, 6) is 0. The minimum atomic E-state index is -0.185. The third kappa shape index (κ3) is 1.98. The monoisotopic (exact) mass is 191 g/mol. The summed E-state index contributed by atoms with van der Waals surface area (Å²) in [7, 11) is 0. The Balaban J connectivity index is 3.22. The highest BCUT2D eigenvalue weighted by molar-refractivity contribution is 5.38. The first-order chi connectivity index (χ1) is 6.53. The Bertz CT molecular complexity index is 313. The van der Waals surface area contributed by atoms with Gasteiger partial charge in [-0.2, -0.15) is 0 Å². The van der Waals surface area contributed by atoms with Crippen molar-refractivity contribution >= 4 is 0 Å². The van der Waals surface area contributed by atoms with Crippen LogP contribution in [-0.2, 0) is 12.0 Å². The minimum absolute atomic E-state index is 0.185. The lowest BCUT2D eigenvalue weighted by Gasteiger charge is -2.26. The maximum atomic E-state index is 6.26. The summed E-state index contributed by atoms with van der Waals surface area (Å²) in [4.78, 5) is 0. The number of hydrogen-bond donors (Lipinski definition) is 1. The van der Waals surface area contributed by atoms with E-state index in [1.165, 1.54) is 16.7 Å². The fraction of sp³-hybridized carbons (Fsp3) is 0.538. The Morgan fingerprint density at radius 2 is 1.93 bits per heavy atom. The molecule has 0 fully saturated rings. The van der Waals surface area contributed by atoms with Crippen LogP contribution in [0.4, 0.5) is 0 Å². The van der Waals surface area contributed by atoms with Crippen LogP contribution in [-0.4, -0.2) is 0 Å². The van der Waals surface area contributed by atoms with Crippen LogP contribution in [0.5, 0.6) is 0 Å². The molecule has 0 bridgehead atoms. The summed E-state index contributed by atoms with van der Waals surface area (Å²) in [6.45, 7) is 8.60. The van der Waals surface area contributed by atoms with Crippen molar-refractivity contribution < 1.29 is 0 Å². The van der Waals surface area contributed by atoms with Gasteiger partial charge in [-0.3, -0.25) is 0 Å². The molecule has 0 spiro atoms. The van der Waals surface area contributed by atoms with Crippen molar-refractivity contribution in [2.24, 2.45) is 5.73 Å². The van der Waals surface area contributed by atoms with E-state index in [1.54, 1.807) is 0 Å². The molecule has 1 atom stereocenters. The van der Waals surface area contributed by atoms with Gasteiger partial charge in [-0.1, -0.05) is 32.0 Å². The predicted molar refractivity (Wildman–Crippen MR) is 62.4 cm³/mol. The Labute approximate surface area is 87.3 Å². The van der Waals surface area contributed by atoms with E-state index in [4.69, 9.17) is 5.73 Å². The van der Waals surface area contributed by atoms with Crippen LogP contribution in [0.15, 0.2) is 18.2 Å². The molecule has 0 heterocycles. The first-order valence-corrected chi connectivity index (χ1v) is 5.40. The molecule has 1 heteroatoms. The summed E-state index contributed by atoms with van der Waals surface area (Å²) < 4.78 is 0. The normalized spacial score (nSPS) is 15.2. The molecule has 1 aromatic rings. The molecule has 0 aromatic heterocycles. The van der Waals surface area contributed by atoms with Gasteiger partial charge in [0.25, 0.3) is 0 Å². The fourth-order valence-corrected chi connectivity index (χ4v) is 1.88. The number of rotatable bonds is 3. The standard InChI is InChI=1S/C13H21N/c1-5-11-8-7-9-12(10(11)3)13(4,14)6-2/h7-9H,5-6,14H2,1-4H3. The summed E-state index contributed by atoms with van der Waals surface area (Å²) in [6, 6.07) is 6.45. The van der Waals surface area contributed by atoms with Crippen molar-refractivity contribution in [3.05, 3.63) is 34.9 Å². The second-order valence-electron chi connectivity index (χ2n) is 4.21. The van der Waals surface area contributed by atoms with Crippen LogP contribution >= 0.6 is 0 Å². The molecule has 0 radical (unpaired) electrons. The predicted octanol–water partition coefficient (Wildman–Crippen LogP) is 3.14. The van der Waals surface area contributed by atoms with Crippen LogP contribution < -0.4 is 5.73 Å². The molecule has 0 aliphatic heterocycles. The van der Waals surface area contributed by atoms with Gasteiger partial charge >= 0.3 is 0 Å². The van der Waals surface area contributed by atoms with Crippen LogP contribution in [0.25, 0.3) is 0 Å². The van der Waals surface area contributed by atoms with Crippen LogP contribution in [0.1, 0.15) is 43.9 Å². The number of hydrogen-bond acceptors (Lipinski definition) is 1. The summed E-state index contributed by atoms with van der Waals surface area (Å²) >= 11 is 0. The summed E-state index contributed by atoms with van der Waals surface area (Å²) in [5, 5.41) is 0. The van der Waals surface area contributed by atoms with E-state index in [2.05, 4.69) is 45.9 Å². The van der Waals surface area contributed by atoms with Crippen molar-refractivity contribution in [1.29, 1.82) is 0 Å². The molecule has 0 aliphatic carbocycles. The molecule has 0 saturated heterocycles. The Morgan fingerprint density at radius 3 is 2.43 bits per heavy atom. The molecule has 1 nitrogen and oxygen atoms in total. The van der Waals surface area contributed by atoms with E-state index in [0.29, 0.717) is 0 Å². The third-order valence-electron chi connectivity index (χ3n) is 3.18. The number of nitrogens with two attached hydrogens (primary N) is 1. The second-order valence-corrected chi connectivity index (χ2v) is 4.21. The van der Waals surface area contributed by atoms with Crippen molar-refractivity contribution in [1.82, 2.24) is 0 Å². The summed E-state index contributed by atoms with van der Waals surface area (Å²) in [5.41, 5.74) is 10.1. The van der Waals surface area contributed by atoms with E-state index in [1.807, 2.05) is 0 Å². The van der Waals surface area contributed by atoms with Gasteiger partial charge < -0.3 is 5.73 Å². The first-order valence-electron chi connectivity index (χ1n) is 5.40. The average Bonchev–Trinajstić information content (AvgIpc) is 2.18. The zero-order valence-corrected chi connectivity index (χ0v) is 9.72. The molecule has 2 N–H and O–H groups in total. The van der Waals surface area contributed by atoms with E-state index < -0.39 is 0 Å². The largest absolute Gasteiger partial charge is 0.322 e. The maximum Gasteiger partial charge on any atom is 0.0381 e. The van der Waals surface area contributed by atoms with Gasteiger partial charge in [0.2, 0.25) is 0 Å². The molecular weight excluding hydrogens is 170 g/mol. The minimum Gasteiger partial charge on any atom is -0.322 e. The highest BCUT2D eigenvalue weighted by Crippen LogP contribution is 2.26. The quantitative estimate of drug-likeness (QED) is 0.780. The highest BCUT2D eigenvalue weighted by atomic mass is 14.7. The van der Waals surface area contributed by atoms with Gasteiger partial charge in [-0.25, -0.2) is 0 Å².